The lowest BCUT2D eigenvalue weighted by Crippen LogP contribution is -2.51. The lowest BCUT2D eigenvalue weighted by molar-refractivity contribution is -0.0727. The van der Waals surface area contributed by atoms with E-state index < -0.39 is 0 Å². The maximum Gasteiger partial charge on any atom is 0.0743 e. The van der Waals surface area contributed by atoms with Gasteiger partial charge in [-0.2, -0.15) is 0 Å². The van der Waals surface area contributed by atoms with E-state index in [9.17, 15) is 0 Å². The first-order valence-corrected chi connectivity index (χ1v) is 9.73. The van der Waals surface area contributed by atoms with Crippen LogP contribution in [0.1, 0.15) is 35.4 Å². The Morgan fingerprint density at radius 2 is 2.00 bits per heavy atom. The van der Waals surface area contributed by atoms with Gasteiger partial charge >= 0.3 is 0 Å². The summed E-state index contributed by atoms with van der Waals surface area (Å²) >= 11 is 1.95. The van der Waals surface area contributed by atoms with E-state index in [1.54, 1.807) is 0 Å². The molecule has 1 aromatic heterocycles. The Morgan fingerprint density at radius 3 is 2.77 bits per heavy atom. The normalized spacial score (nSPS) is 31.0. The van der Waals surface area contributed by atoms with E-state index in [2.05, 4.69) is 28.9 Å². The second-order valence-electron chi connectivity index (χ2n) is 7.28. The fraction of sp³-hybridized carbons (Fsp3) is 0.778. The smallest absolute Gasteiger partial charge is 0.0743 e. The molecule has 3 heterocycles. The van der Waals surface area contributed by atoms with Crippen LogP contribution in [0.2, 0.25) is 0 Å². The minimum atomic E-state index is 0.475. The van der Waals surface area contributed by atoms with Crippen molar-refractivity contribution in [3.05, 3.63) is 21.9 Å². The van der Waals surface area contributed by atoms with Crippen LogP contribution in [-0.4, -0.2) is 54.7 Å². The maximum absolute atomic E-state index is 6.13. The number of fused-ring (bicyclic) bond motifs is 1. The molecule has 0 aromatic carbocycles. The number of aryl methyl sites for hydroxylation is 1. The van der Waals surface area contributed by atoms with Gasteiger partial charge in [0, 0.05) is 48.5 Å². The molecule has 0 bridgehead atoms. The first-order valence-electron chi connectivity index (χ1n) is 8.91. The van der Waals surface area contributed by atoms with E-state index in [1.807, 2.05) is 11.3 Å². The van der Waals surface area contributed by atoms with Crippen molar-refractivity contribution in [2.75, 3.05) is 32.8 Å². The first kappa shape index (κ1) is 15.1. The Hall–Kier alpha value is -0.420. The molecule has 2 aliphatic heterocycles. The highest BCUT2D eigenvalue weighted by Crippen LogP contribution is 2.33. The number of hydrogen-bond acceptors (Lipinski definition) is 4. The number of hydrogen-bond donors (Lipinski definition) is 0. The van der Waals surface area contributed by atoms with Crippen molar-refractivity contribution in [2.45, 2.75) is 51.3 Å². The largest absolute Gasteiger partial charge is 0.375 e. The average molecular weight is 321 g/mol. The van der Waals surface area contributed by atoms with Crippen molar-refractivity contribution >= 4 is 11.3 Å². The first-order chi connectivity index (χ1) is 10.8. The average Bonchev–Trinajstić information content (AvgIpc) is 3.26. The lowest BCUT2D eigenvalue weighted by atomic mass is 10.0. The Balaban J connectivity index is 1.37. The summed E-state index contributed by atoms with van der Waals surface area (Å²) in [6.45, 7) is 9.17. The third-order valence-electron chi connectivity index (χ3n) is 5.44. The Bertz CT molecular complexity index is 499. The van der Waals surface area contributed by atoms with Crippen LogP contribution in [0.5, 0.6) is 0 Å². The minimum absolute atomic E-state index is 0.475. The van der Waals surface area contributed by atoms with E-state index >= 15 is 0 Å². The zero-order valence-electron chi connectivity index (χ0n) is 13.7. The molecule has 2 atom stereocenters. The number of ether oxygens (including phenoxy) is 1. The molecule has 4 heteroatoms. The highest BCUT2D eigenvalue weighted by Gasteiger charge is 2.37. The van der Waals surface area contributed by atoms with E-state index in [1.165, 1.54) is 55.1 Å². The van der Waals surface area contributed by atoms with Gasteiger partial charge in [0.25, 0.3) is 0 Å². The molecule has 1 aromatic rings. The molecule has 3 aliphatic rings. The zero-order chi connectivity index (χ0) is 14.9. The third kappa shape index (κ3) is 3.56. The Labute approximate surface area is 138 Å². The Morgan fingerprint density at radius 1 is 1.14 bits per heavy atom. The highest BCUT2D eigenvalue weighted by atomic mass is 32.1. The van der Waals surface area contributed by atoms with Crippen molar-refractivity contribution in [1.29, 1.82) is 0 Å². The predicted molar refractivity (Wildman–Crippen MR) is 91.4 cm³/mol. The molecule has 3 fully saturated rings. The summed E-state index contributed by atoms with van der Waals surface area (Å²) in [5, 5.41) is 0. The van der Waals surface area contributed by atoms with Gasteiger partial charge in [-0.05, 0) is 50.7 Å². The molecule has 1 aliphatic carbocycles. The SMILES string of the molecule is Cc1ccc(CN2CC[C@H]3OCCN(CC4CC4)[C@H]3CC2)s1. The molecular formula is C18H28N2OS. The van der Waals surface area contributed by atoms with Gasteiger partial charge in [0.1, 0.15) is 0 Å². The van der Waals surface area contributed by atoms with Gasteiger partial charge in [0.2, 0.25) is 0 Å². The number of likely N-dealkylation sites (tertiary alicyclic amines) is 1. The molecule has 22 heavy (non-hydrogen) atoms. The van der Waals surface area contributed by atoms with Crippen LogP contribution < -0.4 is 0 Å². The lowest BCUT2D eigenvalue weighted by Gasteiger charge is -2.40. The van der Waals surface area contributed by atoms with Gasteiger partial charge in [-0.1, -0.05) is 0 Å². The molecule has 3 nitrogen and oxygen atoms in total. The van der Waals surface area contributed by atoms with Crippen LogP contribution in [-0.2, 0) is 11.3 Å². The van der Waals surface area contributed by atoms with E-state index in [0.29, 0.717) is 12.1 Å². The molecular weight excluding hydrogens is 292 g/mol. The van der Waals surface area contributed by atoms with Crippen molar-refractivity contribution in [2.24, 2.45) is 5.92 Å². The number of thiophene rings is 1. The summed E-state index contributed by atoms with van der Waals surface area (Å²) < 4.78 is 6.13. The van der Waals surface area contributed by atoms with E-state index in [4.69, 9.17) is 4.74 Å². The van der Waals surface area contributed by atoms with Crippen LogP contribution in [0.3, 0.4) is 0 Å². The van der Waals surface area contributed by atoms with Crippen molar-refractivity contribution in [3.63, 3.8) is 0 Å². The highest BCUT2D eigenvalue weighted by molar-refractivity contribution is 7.11. The molecule has 0 N–H and O–H groups in total. The predicted octanol–water partition coefficient (Wildman–Crippen LogP) is 3.13. The van der Waals surface area contributed by atoms with Gasteiger partial charge < -0.3 is 4.74 Å². The van der Waals surface area contributed by atoms with Crippen molar-refractivity contribution < 1.29 is 4.74 Å². The fourth-order valence-electron chi connectivity index (χ4n) is 4.02. The summed E-state index contributed by atoms with van der Waals surface area (Å²) in [6.07, 6.45) is 5.87. The number of morpholine rings is 1. The van der Waals surface area contributed by atoms with Gasteiger partial charge in [0.15, 0.2) is 0 Å². The van der Waals surface area contributed by atoms with Crippen LogP contribution in [0.4, 0.5) is 0 Å². The second-order valence-corrected chi connectivity index (χ2v) is 8.65. The van der Waals surface area contributed by atoms with Crippen molar-refractivity contribution in [1.82, 2.24) is 9.80 Å². The van der Waals surface area contributed by atoms with Crippen molar-refractivity contribution in [3.8, 4) is 0 Å². The summed E-state index contributed by atoms with van der Waals surface area (Å²) in [6, 6.07) is 5.22. The second kappa shape index (κ2) is 6.60. The molecule has 0 spiro atoms. The molecule has 0 radical (unpaired) electrons. The van der Waals surface area contributed by atoms with Gasteiger partial charge in [0.05, 0.1) is 12.7 Å². The van der Waals surface area contributed by atoms with Crippen LogP contribution in [0.15, 0.2) is 12.1 Å². The van der Waals surface area contributed by atoms with Crippen LogP contribution in [0.25, 0.3) is 0 Å². The van der Waals surface area contributed by atoms with Crippen LogP contribution >= 0.6 is 11.3 Å². The molecule has 0 unspecified atom stereocenters. The van der Waals surface area contributed by atoms with Gasteiger partial charge in [-0.25, -0.2) is 0 Å². The number of nitrogens with zero attached hydrogens (tertiary/aromatic N) is 2. The maximum atomic E-state index is 6.13. The van der Waals surface area contributed by atoms with E-state index in [-0.39, 0.29) is 0 Å². The van der Waals surface area contributed by atoms with Crippen LogP contribution in [0, 0.1) is 12.8 Å². The standard InChI is InChI=1S/C18H28N2OS/c1-14-2-5-16(22-14)13-19-8-6-17-18(7-9-19)21-11-10-20(17)12-15-3-4-15/h2,5,15,17-18H,3-4,6-13H2,1H3/t17-,18+/m0/s1. The summed E-state index contributed by atoms with van der Waals surface area (Å²) in [5.74, 6) is 0.993. The number of rotatable bonds is 4. The van der Waals surface area contributed by atoms with Gasteiger partial charge in [-0.15, -0.1) is 11.3 Å². The van der Waals surface area contributed by atoms with E-state index in [0.717, 1.165) is 25.6 Å². The summed E-state index contributed by atoms with van der Waals surface area (Å²) in [5.41, 5.74) is 0. The Kier molecular flexibility index (Phi) is 4.54. The molecule has 122 valence electrons. The minimum Gasteiger partial charge on any atom is -0.375 e. The molecule has 2 saturated heterocycles. The molecule has 0 amide bonds. The fourth-order valence-corrected chi connectivity index (χ4v) is 4.95. The monoisotopic (exact) mass is 320 g/mol. The third-order valence-corrected chi connectivity index (χ3v) is 6.43. The molecule has 4 rings (SSSR count). The molecule has 1 saturated carbocycles. The van der Waals surface area contributed by atoms with Gasteiger partial charge in [-0.3, -0.25) is 9.80 Å². The quantitative estimate of drug-likeness (QED) is 0.848. The summed E-state index contributed by atoms with van der Waals surface area (Å²) in [7, 11) is 0. The topological polar surface area (TPSA) is 15.7 Å². The zero-order valence-corrected chi connectivity index (χ0v) is 14.5. The summed E-state index contributed by atoms with van der Waals surface area (Å²) in [4.78, 5) is 8.34.